The smallest absolute Gasteiger partial charge is 0.253 e. The van der Waals surface area contributed by atoms with E-state index in [0.29, 0.717) is 25.1 Å². The molecule has 0 bridgehead atoms. The third kappa shape index (κ3) is 4.39. The lowest BCUT2D eigenvalue weighted by Crippen LogP contribution is -2.48. The zero-order valence-electron chi connectivity index (χ0n) is 15.0. The van der Waals surface area contributed by atoms with Crippen molar-refractivity contribution in [3.63, 3.8) is 0 Å². The van der Waals surface area contributed by atoms with E-state index >= 15 is 0 Å². The van der Waals surface area contributed by atoms with Crippen LogP contribution < -0.4 is 4.90 Å². The molecule has 1 fully saturated rings. The highest BCUT2D eigenvalue weighted by Crippen LogP contribution is 2.21. The van der Waals surface area contributed by atoms with Gasteiger partial charge in [-0.25, -0.2) is 9.37 Å². The normalized spacial score (nSPS) is 14.4. The molecule has 8 heteroatoms. The molecular formula is C20H18BrFN4OS. The zero-order chi connectivity index (χ0) is 19.5. The summed E-state index contributed by atoms with van der Waals surface area (Å²) >= 11 is 4.76. The zero-order valence-corrected chi connectivity index (χ0v) is 17.4. The molecule has 1 saturated heterocycles. The Morgan fingerprint density at radius 1 is 1.04 bits per heavy atom. The maximum absolute atomic E-state index is 13.0. The number of benzene rings is 2. The number of nitrogens with zero attached hydrogens (tertiary/aromatic N) is 4. The molecule has 1 aromatic heterocycles. The quantitative estimate of drug-likeness (QED) is 0.590. The van der Waals surface area contributed by atoms with Crippen LogP contribution in [0.4, 0.5) is 9.52 Å². The predicted molar refractivity (Wildman–Crippen MR) is 111 cm³/mol. The van der Waals surface area contributed by atoms with Gasteiger partial charge in [-0.2, -0.15) is 4.37 Å². The first-order valence-electron chi connectivity index (χ1n) is 8.95. The Hall–Kier alpha value is -2.32. The molecule has 0 spiro atoms. The van der Waals surface area contributed by atoms with E-state index in [9.17, 15) is 9.18 Å². The van der Waals surface area contributed by atoms with E-state index in [4.69, 9.17) is 0 Å². The van der Waals surface area contributed by atoms with Gasteiger partial charge in [-0.05, 0) is 42.0 Å². The summed E-state index contributed by atoms with van der Waals surface area (Å²) in [7, 11) is 0. The fourth-order valence-electron chi connectivity index (χ4n) is 3.11. The van der Waals surface area contributed by atoms with Gasteiger partial charge in [0.15, 0.2) is 0 Å². The summed E-state index contributed by atoms with van der Waals surface area (Å²) in [4.78, 5) is 21.3. The summed E-state index contributed by atoms with van der Waals surface area (Å²) in [6.45, 7) is 2.77. The number of amides is 1. The number of piperazine rings is 1. The highest BCUT2D eigenvalue weighted by atomic mass is 79.9. The Morgan fingerprint density at radius 2 is 1.71 bits per heavy atom. The Kier molecular flexibility index (Phi) is 5.68. The van der Waals surface area contributed by atoms with E-state index in [1.54, 1.807) is 12.1 Å². The SMILES string of the molecule is O=C(c1ccc(Br)cc1)N1CCN(c2nc(Cc3ccc(F)cc3)ns2)CC1. The molecule has 5 nitrogen and oxygen atoms in total. The molecular weight excluding hydrogens is 443 g/mol. The average Bonchev–Trinajstić information content (AvgIpc) is 3.18. The number of hydrogen-bond donors (Lipinski definition) is 0. The molecule has 0 saturated carbocycles. The highest BCUT2D eigenvalue weighted by molar-refractivity contribution is 9.10. The van der Waals surface area contributed by atoms with Gasteiger partial charge >= 0.3 is 0 Å². The first kappa shape index (κ1) is 19.0. The van der Waals surface area contributed by atoms with E-state index in [2.05, 4.69) is 30.2 Å². The first-order valence-corrected chi connectivity index (χ1v) is 10.5. The summed E-state index contributed by atoms with van der Waals surface area (Å²) in [6.07, 6.45) is 0.582. The second kappa shape index (κ2) is 8.36. The molecule has 0 unspecified atom stereocenters. The fraction of sp³-hybridized carbons (Fsp3) is 0.250. The van der Waals surface area contributed by atoms with Crippen molar-refractivity contribution in [2.45, 2.75) is 6.42 Å². The van der Waals surface area contributed by atoms with E-state index in [1.807, 2.05) is 29.2 Å². The van der Waals surface area contributed by atoms with Crippen molar-refractivity contribution in [1.29, 1.82) is 0 Å². The van der Waals surface area contributed by atoms with Crippen molar-refractivity contribution in [2.75, 3.05) is 31.1 Å². The standard InChI is InChI=1S/C20H18BrFN4OS/c21-16-5-3-15(4-6-16)19(27)25-9-11-26(12-10-25)20-23-18(24-28-20)13-14-1-7-17(22)8-2-14/h1-8H,9-13H2. The van der Waals surface area contributed by atoms with Crippen LogP contribution in [0.1, 0.15) is 21.7 Å². The van der Waals surface area contributed by atoms with Crippen LogP contribution in [0, 0.1) is 5.82 Å². The van der Waals surface area contributed by atoms with Crippen molar-refractivity contribution >= 4 is 38.5 Å². The highest BCUT2D eigenvalue weighted by Gasteiger charge is 2.24. The number of halogens is 2. The molecule has 28 heavy (non-hydrogen) atoms. The maximum Gasteiger partial charge on any atom is 0.253 e. The van der Waals surface area contributed by atoms with Gasteiger partial charge in [0.1, 0.15) is 11.6 Å². The van der Waals surface area contributed by atoms with Gasteiger partial charge in [0.05, 0.1) is 0 Å². The molecule has 3 aromatic rings. The fourth-order valence-corrected chi connectivity index (χ4v) is 4.11. The molecule has 1 amide bonds. The molecule has 0 radical (unpaired) electrons. The minimum Gasteiger partial charge on any atom is -0.343 e. The molecule has 144 valence electrons. The Balaban J connectivity index is 1.35. The molecule has 4 rings (SSSR count). The number of anilines is 1. The molecule has 2 aromatic carbocycles. The van der Waals surface area contributed by atoms with E-state index < -0.39 is 0 Å². The van der Waals surface area contributed by atoms with Crippen molar-refractivity contribution in [1.82, 2.24) is 14.3 Å². The lowest BCUT2D eigenvalue weighted by molar-refractivity contribution is 0.0746. The number of rotatable bonds is 4. The van der Waals surface area contributed by atoms with Gasteiger partial charge in [0.25, 0.3) is 5.91 Å². The molecule has 1 aliphatic heterocycles. The lowest BCUT2D eigenvalue weighted by Gasteiger charge is -2.34. The number of carbonyl (C=O) groups excluding carboxylic acids is 1. The van der Waals surface area contributed by atoms with Crippen LogP contribution >= 0.6 is 27.5 Å². The molecule has 1 aliphatic rings. The van der Waals surface area contributed by atoms with Crippen LogP contribution in [0.25, 0.3) is 0 Å². The van der Waals surface area contributed by atoms with Crippen LogP contribution in [0.5, 0.6) is 0 Å². The van der Waals surface area contributed by atoms with Gasteiger partial charge in [0.2, 0.25) is 5.13 Å². The number of hydrogen-bond acceptors (Lipinski definition) is 5. The summed E-state index contributed by atoms with van der Waals surface area (Å²) in [5.41, 5.74) is 1.69. The molecule has 0 aliphatic carbocycles. The predicted octanol–water partition coefficient (Wildman–Crippen LogP) is 3.99. The summed E-state index contributed by atoms with van der Waals surface area (Å²) < 4.78 is 18.4. The maximum atomic E-state index is 13.0. The number of carbonyl (C=O) groups is 1. The van der Waals surface area contributed by atoms with Crippen molar-refractivity contribution < 1.29 is 9.18 Å². The second-order valence-corrected chi connectivity index (χ2v) is 8.23. The molecule has 0 atom stereocenters. The minimum atomic E-state index is -0.244. The van der Waals surface area contributed by atoms with Crippen LogP contribution in [-0.2, 0) is 6.42 Å². The van der Waals surface area contributed by atoms with Crippen molar-refractivity contribution in [3.05, 3.63) is 75.8 Å². The molecule has 0 N–H and O–H groups in total. The van der Waals surface area contributed by atoms with E-state index in [1.165, 1.54) is 23.7 Å². The Labute approximate surface area is 175 Å². The van der Waals surface area contributed by atoms with Gasteiger partial charge in [-0.1, -0.05) is 28.1 Å². The Morgan fingerprint density at radius 3 is 2.39 bits per heavy atom. The van der Waals surface area contributed by atoms with E-state index in [0.717, 1.165) is 34.1 Å². The first-order chi connectivity index (χ1) is 13.6. The van der Waals surface area contributed by atoms with Gasteiger partial charge in [-0.15, -0.1) is 0 Å². The molecule has 2 heterocycles. The largest absolute Gasteiger partial charge is 0.343 e. The van der Waals surface area contributed by atoms with Gasteiger partial charge < -0.3 is 9.80 Å². The van der Waals surface area contributed by atoms with Crippen LogP contribution in [0.3, 0.4) is 0 Å². The van der Waals surface area contributed by atoms with Crippen LogP contribution in [0.2, 0.25) is 0 Å². The third-order valence-corrected chi connectivity index (χ3v) is 6.00. The van der Waals surface area contributed by atoms with Gasteiger partial charge in [0, 0.05) is 54.2 Å². The summed E-state index contributed by atoms with van der Waals surface area (Å²) in [5.74, 6) is 0.549. The number of aromatic nitrogens is 2. The van der Waals surface area contributed by atoms with E-state index in [-0.39, 0.29) is 11.7 Å². The van der Waals surface area contributed by atoms with Crippen LogP contribution in [0.15, 0.2) is 53.0 Å². The Bertz CT molecular complexity index is 953. The summed E-state index contributed by atoms with van der Waals surface area (Å²) in [6, 6.07) is 13.8. The minimum absolute atomic E-state index is 0.0569. The van der Waals surface area contributed by atoms with Crippen molar-refractivity contribution in [2.24, 2.45) is 0 Å². The topological polar surface area (TPSA) is 49.3 Å². The van der Waals surface area contributed by atoms with Gasteiger partial charge in [-0.3, -0.25) is 4.79 Å². The van der Waals surface area contributed by atoms with Crippen LogP contribution in [-0.4, -0.2) is 46.3 Å². The van der Waals surface area contributed by atoms with Crippen molar-refractivity contribution in [3.8, 4) is 0 Å². The summed E-state index contributed by atoms with van der Waals surface area (Å²) in [5, 5.41) is 0.868. The third-order valence-electron chi connectivity index (χ3n) is 4.66. The monoisotopic (exact) mass is 460 g/mol. The lowest BCUT2D eigenvalue weighted by atomic mass is 10.1. The second-order valence-electron chi connectivity index (χ2n) is 6.58. The average molecular weight is 461 g/mol.